The van der Waals surface area contributed by atoms with Crippen molar-refractivity contribution in [2.45, 2.75) is 51.8 Å². The summed E-state index contributed by atoms with van der Waals surface area (Å²) in [6, 6.07) is 16.3. The van der Waals surface area contributed by atoms with Gasteiger partial charge in [-0.25, -0.2) is 14.0 Å². The maximum absolute atomic E-state index is 12.9. The number of piperazine rings is 1. The van der Waals surface area contributed by atoms with Crippen LogP contribution in [-0.2, 0) is 11.3 Å². The van der Waals surface area contributed by atoms with Gasteiger partial charge in [0.15, 0.2) is 0 Å². The minimum Gasteiger partial charge on any atom is -0.493 e. The Morgan fingerprint density at radius 3 is 2.39 bits per heavy atom. The predicted octanol–water partition coefficient (Wildman–Crippen LogP) is 3.67. The second-order valence-electron chi connectivity index (χ2n) is 11.4. The summed E-state index contributed by atoms with van der Waals surface area (Å²) in [5, 5.41) is 22.6. The maximum atomic E-state index is 12.9. The third kappa shape index (κ3) is 6.33. The average molecular weight is 598 g/mol. The molecule has 0 N–H and O–H groups in total. The zero-order chi connectivity index (χ0) is 30.5. The largest absolute Gasteiger partial charge is 0.493 e. The van der Waals surface area contributed by atoms with Crippen LogP contribution in [0.15, 0.2) is 66.0 Å². The van der Waals surface area contributed by atoms with E-state index in [1.54, 1.807) is 32.8 Å². The molecule has 2 fully saturated rings. The number of hydrogen-bond acceptors (Lipinski definition) is 9. The first-order valence-corrected chi connectivity index (χ1v) is 15.4. The number of benzene rings is 2. The quantitative estimate of drug-likeness (QED) is 0.255. The lowest BCUT2D eigenvalue weighted by molar-refractivity contribution is 0.0844. The molecule has 4 aromatic rings. The number of rotatable bonds is 11. The molecule has 0 aliphatic carbocycles. The molecule has 12 heteroatoms. The molecule has 230 valence electrons. The predicted molar refractivity (Wildman–Crippen MR) is 166 cm³/mol. The first kappa shape index (κ1) is 29.4. The van der Waals surface area contributed by atoms with Crippen LogP contribution in [0.1, 0.15) is 44.7 Å². The van der Waals surface area contributed by atoms with Gasteiger partial charge in [-0.1, -0.05) is 13.8 Å². The fraction of sp³-hybridized carbons (Fsp3) is 0.469. The Labute approximate surface area is 257 Å². The first-order chi connectivity index (χ1) is 21.6. The van der Waals surface area contributed by atoms with Crippen molar-refractivity contribution < 1.29 is 9.47 Å². The van der Waals surface area contributed by atoms with E-state index >= 15 is 0 Å². The first-order valence-electron chi connectivity index (χ1n) is 15.4. The summed E-state index contributed by atoms with van der Waals surface area (Å²) in [5.41, 5.74) is 3.36. The SMILES string of the molecule is CCC(CC)n1ncn(-c2ccc(N3CCN(c4ccc(OCC5COC(Cn6nccn6)C5)cc4C#N)CC3)cc2)c1=O. The van der Waals surface area contributed by atoms with Crippen LogP contribution in [0.2, 0.25) is 0 Å². The van der Waals surface area contributed by atoms with Crippen LogP contribution in [-0.4, -0.2) is 74.8 Å². The van der Waals surface area contributed by atoms with Crippen molar-refractivity contribution in [3.8, 4) is 17.5 Å². The van der Waals surface area contributed by atoms with Crippen LogP contribution in [0.4, 0.5) is 11.4 Å². The van der Waals surface area contributed by atoms with Gasteiger partial charge in [0.25, 0.3) is 0 Å². The van der Waals surface area contributed by atoms with Crippen molar-refractivity contribution in [2.75, 3.05) is 49.2 Å². The second kappa shape index (κ2) is 13.3. The Kier molecular flexibility index (Phi) is 8.93. The summed E-state index contributed by atoms with van der Waals surface area (Å²) in [5.74, 6) is 0.988. The summed E-state index contributed by atoms with van der Waals surface area (Å²) in [6.45, 7) is 9.22. The molecule has 6 rings (SSSR count). The van der Waals surface area contributed by atoms with Gasteiger partial charge in [-0.2, -0.15) is 25.4 Å². The Morgan fingerprint density at radius 1 is 0.977 bits per heavy atom. The van der Waals surface area contributed by atoms with Crippen LogP contribution in [0.3, 0.4) is 0 Å². The summed E-state index contributed by atoms with van der Waals surface area (Å²) in [6.07, 6.45) is 7.66. The van der Waals surface area contributed by atoms with Gasteiger partial charge in [-0.3, -0.25) is 0 Å². The minimum atomic E-state index is -0.106. The molecule has 2 atom stereocenters. The van der Waals surface area contributed by atoms with Crippen LogP contribution in [0.25, 0.3) is 5.69 Å². The van der Waals surface area contributed by atoms with E-state index in [1.807, 2.05) is 30.3 Å². The van der Waals surface area contributed by atoms with Crippen molar-refractivity contribution in [3.63, 3.8) is 0 Å². The third-order valence-electron chi connectivity index (χ3n) is 8.67. The normalized spacial score (nSPS) is 18.6. The molecule has 0 amide bonds. The van der Waals surface area contributed by atoms with Gasteiger partial charge in [0.1, 0.15) is 18.1 Å². The lowest BCUT2D eigenvalue weighted by Crippen LogP contribution is -2.46. The van der Waals surface area contributed by atoms with E-state index in [0.717, 1.165) is 62.5 Å². The highest BCUT2D eigenvalue weighted by Gasteiger charge is 2.27. The molecule has 2 unspecified atom stereocenters. The summed E-state index contributed by atoms with van der Waals surface area (Å²) in [7, 11) is 0. The van der Waals surface area contributed by atoms with Gasteiger partial charge < -0.3 is 19.3 Å². The van der Waals surface area contributed by atoms with E-state index in [0.29, 0.717) is 31.1 Å². The highest BCUT2D eigenvalue weighted by atomic mass is 16.5. The van der Waals surface area contributed by atoms with E-state index in [1.165, 1.54) is 0 Å². The maximum Gasteiger partial charge on any atom is 0.350 e. The number of anilines is 2. The summed E-state index contributed by atoms with van der Waals surface area (Å²) >= 11 is 0. The van der Waals surface area contributed by atoms with E-state index in [2.05, 4.69) is 57.1 Å². The van der Waals surface area contributed by atoms with E-state index in [9.17, 15) is 10.1 Å². The highest BCUT2D eigenvalue weighted by Crippen LogP contribution is 2.29. The molecular formula is C32H39N9O3. The van der Waals surface area contributed by atoms with Gasteiger partial charge in [0.2, 0.25) is 0 Å². The molecule has 2 aromatic carbocycles. The molecule has 0 saturated carbocycles. The van der Waals surface area contributed by atoms with E-state index in [-0.39, 0.29) is 23.8 Å². The summed E-state index contributed by atoms with van der Waals surface area (Å²) < 4.78 is 15.2. The molecule has 0 bridgehead atoms. The van der Waals surface area contributed by atoms with Gasteiger partial charge in [-0.05, 0) is 61.7 Å². The average Bonchev–Trinajstić information content (AvgIpc) is 3.84. The smallest absolute Gasteiger partial charge is 0.350 e. The van der Waals surface area contributed by atoms with Crippen molar-refractivity contribution in [2.24, 2.45) is 5.92 Å². The zero-order valence-corrected chi connectivity index (χ0v) is 25.3. The summed E-state index contributed by atoms with van der Waals surface area (Å²) in [4.78, 5) is 19.2. The number of aromatic nitrogens is 6. The van der Waals surface area contributed by atoms with Gasteiger partial charge in [0.05, 0.1) is 61.2 Å². The zero-order valence-electron chi connectivity index (χ0n) is 25.3. The van der Waals surface area contributed by atoms with Gasteiger partial charge in [-0.15, -0.1) is 0 Å². The third-order valence-corrected chi connectivity index (χ3v) is 8.67. The Balaban J connectivity index is 1.02. The van der Waals surface area contributed by atoms with E-state index in [4.69, 9.17) is 9.47 Å². The fourth-order valence-electron chi connectivity index (χ4n) is 6.14. The van der Waals surface area contributed by atoms with Crippen LogP contribution in [0, 0.1) is 17.2 Å². The Morgan fingerprint density at radius 2 is 1.68 bits per heavy atom. The van der Waals surface area contributed by atoms with Crippen molar-refractivity contribution in [3.05, 3.63) is 77.2 Å². The topological polar surface area (TPSA) is 119 Å². The lowest BCUT2D eigenvalue weighted by Gasteiger charge is -2.37. The minimum absolute atomic E-state index is 0.0820. The molecule has 12 nitrogen and oxygen atoms in total. The molecule has 2 aromatic heterocycles. The number of hydrogen-bond donors (Lipinski definition) is 0. The van der Waals surface area contributed by atoms with Crippen LogP contribution < -0.4 is 20.2 Å². The van der Waals surface area contributed by atoms with Crippen molar-refractivity contribution in [1.82, 2.24) is 29.3 Å². The monoisotopic (exact) mass is 597 g/mol. The molecule has 0 spiro atoms. The number of nitrogens with zero attached hydrogens (tertiary/aromatic N) is 9. The van der Waals surface area contributed by atoms with Crippen LogP contribution >= 0.6 is 0 Å². The molecule has 2 aliphatic rings. The molecule has 2 aliphatic heterocycles. The fourth-order valence-corrected chi connectivity index (χ4v) is 6.14. The molecular weight excluding hydrogens is 558 g/mol. The Hall–Kier alpha value is -4.63. The Bertz CT molecular complexity index is 1610. The highest BCUT2D eigenvalue weighted by molar-refractivity contribution is 5.63. The van der Waals surface area contributed by atoms with E-state index < -0.39 is 0 Å². The standard InChI is InChI=1S/C32H39N9O3/c1-3-26(4-2)41-32(42)39(23-36-41)28-7-5-27(6-8-28)37-13-15-38(16-14-37)31-10-9-29(18-25(31)19-33)43-21-24-17-30(44-22-24)20-40-34-11-12-35-40/h5-12,18,23-24,26,30H,3-4,13-17,20-22H2,1-2H3. The molecule has 2 saturated heterocycles. The number of ether oxygens (including phenoxy) is 2. The lowest BCUT2D eigenvalue weighted by atomic mass is 10.1. The van der Waals surface area contributed by atoms with Crippen molar-refractivity contribution >= 4 is 11.4 Å². The number of nitriles is 1. The van der Waals surface area contributed by atoms with Crippen LogP contribution in [0.5, 0.6) is 5.75 Å². The van der Waals surface area contributed by atoms with Gasteiger partial charge >= 0.3 is 5.69 Å². The molecule has 4 heterocycles. The second-order valence-corrected chi connectivity index (χ2v) is 11.4. The molecule has 0 radical (unpaired) electrons. The molecule has 44 heavy (non-hydrogen) atoms. The van der Waals surface area contributed by atoms with Gasteiger partial charge in [0, 0.05) is 37.8 Å². The van der Waals surface area contributed by atoms with Crippen molar-refractivity contribution in [1.29, 1.82) is 5.26 Å².